The van der Waals surface area contributed by atoms with Crippen molar-refractivity contribution in [1.82, 2.24) is 5.32 Å². The van der Waals surface area contributed by atoms with Crippen LogP contribution in [-0.2, 0) is 9.59 Å². The van der Waals surface area contributed by atoms with Gasteiger partial charge in [-0.2, -0.15) is 0 Å². The highest BCUT2D eigenvalue weighted by atomic mass is 16.3. The molecular formula is C8H11NO4. The number of carbonyl (C=O) groups is 2. The number of aliphatic hydroxyl groups excluding tert-OH is 2. The molecule has 0 radical (unpaired) electrons. The number of ketones is 1. The van der Waals surface area contributed by atoms with Crippen molar-refractivity contribution < 1.29 is 19.8 Å². The fourth-order valence-corrected chi connectivity index (χ4v) is 1.22. The zero-order valence-corrected chi connectivity index (χ0v) is 7.15. The molecule has 5 heteroatoms. The van der Waals surface area contributed by atoms with Crippen LogP contribution in [0.2, 0.25) is 0 Å². The van der Waals surface area contributed by atoms with Crippen molar-refractivity contribution >= 4 is 11.7 Å². The van der Waals surface area contributed by atoms with Gasteiger partial charge in [-0.05, 0) is 0 Å². The normalized spacial score (nSPS) is 27.3. The summed E-state index contributed by atoms with van der Waals surface area (Å²) in [5, 5.41) is 20.5. The van der Waals surface area contributed by atoms with Crippen molar-refractivity contribution in [2.24, 2.45) is 5.92 Å². The third-order valence-corrected chi connectivity index (χ3v) is 1.88. The quantitative estimate of drug-likeness (QED) is 0.491. The molecule has 3 N–H and O–H groups in total. The number of allylic oxidation sites excluding steroid dienone is 1. The number of amides is 1. The van der Waals surface area contributed by atoms with E-state index in [0.717, 1.165) is 6.08 Å². The lowest BCUT2D eigenvalue weighted by Gasteiger charge is -2.13. The number of hydrogen-bond acceptors (Lipinski definition) is 4. The second kappa shape index (κ2) is 3.68. The van der Waals surface area contributed by atoms with Gasteiger partial charge in [0, 0.05) is 13.0 Å². The van der Waals surface area contributed by atoms with Gasteiger partial charge in [0.2, 0.25) is 5.91 Å². The fourth-order valence-electron chi connectivity index (χ4n) is 1.22. The first-order valence-corrected chi connectivity index (χ1v) is 3.88. The smallest absolute Gasteiger partial charge is 0.221 e. The minimum Gasteiger partial charge on any atom is -0.395 e. The van der Waals surface area contributed by atoms with E-state index in [-0.39, 0.29) is 17.4 Å². The third kappa shape index (κ3) is 1.93. The molecule has 0 spiro atoms. The Balaban J connectivity index is 2.73. The summed E-state index contributed by atoms with van der Waals surface area (Å²) in [6.45, 7) is 0.865. The first-order chi connectivity index (χ1) is 6.06. The lowest BCUT2D eigenvalue weighted by atomic mass is 10.1. The molecule has 0 unspecified atom stereocenters. The minimum absolute atomic E-state index is 0.163. The van der Waals surface area contributed by atoms with Crippen LogP contribution in [0, 0.1) is 5.92 Å². The van der Waals surface area contributed by atoms with Crippen molar-refractivity contribution in [2.45, 2.75) is 13.0 Å². The summed E-state index contributed by atoms with van der Waals surface area (Å²) in [6, 6.07) is 0. The Bertz CT molecular complexity index is 271. The number of aliphatic hydroxyl groups is 2. The Hall–Kier alpha value is -1.20. The molecule has 1 aliphatic rings. The SMILES string of the molecule is CC(=O)NC1=CC(=O)[C@H](CO)[C@@H]1O. The van der Waals surface area contributed by atoms with Crippen LogP contribution >= 0.6 is 0 Å². The lowest BCUT2D eigenvalue weighted by Crippen LogP contribution is -2.31. The van der Waals surface area contributed by atoms with Gasteiger partial charge < -0.3 is 15.5 Å². The van der Waals surface area contributed by atoms with Gasteiger partial charge >= 0.3 is 0 Å². The molecule has 1 rings (SSSR count). The van der Waals surface area contributed by atoms with E-state index in [4.69, 9.17) is 5.11 Å². The zero-order chi connectivity index (χ0) is 10.0. The molecule has 1 amide bonds. The minimum atomic E-state index is -1.10. The molecule has 0 aromatic heterocycles. The maximum atomic E-state index is 11.1. The van der Waals surface area contributed by atoms with Crippen LogP contribution in [0.15, 0.2) is 11.8 Å². The number of hydrogen-bond donors (Lipinski definition) is 3. The predicted molar refractivity (Wildman–Crippen MR) is 43.5 cm³/mol. The molecule has 0 bridgehead atoms. The van der Waals surface area contributed by atoms with Gasteiger partial charge in [0.25, 0.3) is 0 Å². The highest BCUT2D eigenvalue weighted by molar-refractivity contribution is 5.97. The van der Waals surface area contributed by atoms with E-state index >= 15 is 0 Å². The van der Waals surface area contributed by atoms with Gasteiger partial charge in [-0.1, -0.05) is 0 Å². The van der Waals surface area contributed by atoms with Crippen molar-refractivity contribution in [3.8, 4) is 0 Å². The molecule has 0 aromatic carbocycles. The number of carbonyl (C=O) groups excluding carboxylic acids is 2. The predicted octanol–water partition coefficient (Wildman–Crippen LogP) is -1.44. The average molecular weight is 185 g/mol. The molecule has 0 aromatic rings. The lowest BCUT2D eigenvalue weighted by molar-refractivity contribution is -0.121. The van der Waals surface area contributed by atoms with Crippen LogP contribution in [0.25, 0.3) is 0 Å². The summed E-state index contributed by atoms with van der Waals surface area (Å²) in [7, 11) is 0. The van der Waals surface area contributed by atoms with Crippen molar-refractivity contribution in [3.63, 3.8) is 0 Å². The molecule has 0 heterocycles. The summed E-state index contributed by atoms with van der Waals surface area (Å²) in [4.78, 5) is 21.7. The number of rotatable bonds is 2. The van der Waals surface area contributed by atoms with Crippen LogP contribution in [0.3, 0.4) is 0 Å². The Labute approximate surface area is 75.1 Å². The van der Waals surface area contributed by atoms with E-state index < -0.39 is 18.6 Å². The van der Waals surface area contributed by atoms with Crippen LogP contribution < -0.4 is 5.32 Å². The third-order valence-electron chi connectivity index (χ3n) is 1.88. The van der Waals surface area contributed by atoms with Crippen LogP contribution in [0.4, 0.5) is 0 Å². The maximum Gasteiger partial charge on any atom is 0.221 e. The Morgan fingerprint density at radius 2 is 2.31 bits per heavy atom. The Kier molecular flexibility index (Phi) is 2.79. The van der Waals surface area contributed by atoms with E-state index in [2.05, 4.69) is 5.32 Å². The maximum absolute atomic E-state index is 11.1. The van der Waals surface area contributed by atoms with Gasteiger partial charge in [-0.25, -0.2) is 0 Å². The van der Waals surface area contributed by atoms with Crippen LogP contribution in [0.5, 0.6) is 0 Å². The molecule has 1 aliphatic carbocycles. The molecule has 0 saturated heterocycles. The molecule has 0 fully saturated rings. The molecule has 13 heavy (non-hydrogen) atoms. The first-order valence-electron chi connectivity index (χ1n) is 3.88. The molecule has 0 saturated carbocycles. The van der Waals surface area contributed by atoms with Crippen LogP contribution in [-0.4, -0.2) is 34.6 Å². The van der Waals surface area contributed by atoms with E-state index in [1.165, 1.54) is 6.92 Å². The first kappa shape index (κ1) is 9.88. The second-order valence-corrected chi connectivity index (χ2v) is 2.92. The Morgan fingerprint density at radius 3 is 2.69 bits per heavy atom. The van der Waals surface area contributed by atoms with E-state index in [1.54, 1.807) is 0 Å². The summed E-state index contributed by atoms with van der Waals surface area (Å²) in [6.07, 6.45) is 0.0499. The van der Waals surface area contributed by atoms with E-state index in [1.807, 2.05) is 0 Å². The number of nitrogens with one attached hydrogen (secondary N) is 1. The highest BCUT2D eigenvalue weighted by Gasteiger charge is 2.34. The summed E-state index contributed by atoms with van der Waals surface area (Å²) in [5.74, 6) is -1.54. The van der Waals surface area contributed by atoms with E-state index in [9.17, 15) is 14.7 Å². The molecule has 5 nitrogen and oxygen atoms in total. The van der Waals surface area contributed by atoms with Crippen LogP contribution in [0.1, 0.15) is 6.92 Å². The van der Waals surface area contributed by atoms with E-state index in [0.29, 0.717) is 0 Å². The Morgan fingerprint density at radius 1 is 1.69 bits per heavy atom. The average Bonchev–Trinajstić information content (AvgIpc) is 2.26. The highest BCUT2D eigenvalue weighted by Crippen LogP contribution is 2.20. The molecule has 0 aliphatic heterocycles. The standard InChI is InChI=1S/C8H11NO4/c1-4(11)9-6-2-7(12)5(3-10)8(6)13/h2,5,8,10,13H,3H2,1H3,(H,9,11)/t5-,8-/m0/s1. The topological polar surface area (TPSA) is 86.6 Å². The van der Waals surface area contributed by atoms with Gasteiger partial charge in [0.05, 0.1) is 18.2 Å². The fraction of sp³-hybridized carbons (Fsp3) is 0.500. The summed E-state index contributed by atoms with van der Waals surface area (Å²) < 4.78 is 0. The largest absolute Gasteiger partial charge is 0.395 e. The van der Waals surface area contributed by atoms with Crippen molar-refractivity contribution in [3.05, 3.63) is 11.8 Å². The summed E-state index contributed by atoms with van der Waals surface area (Å²) >= 11 is 0. The second-order valence-electron chi connectivity index (χ2n) is 2.92. The molecule has 72 valence electrons. The van der Waals surface area contributed by atoms with Gasteiger partial charge in [0.15, 0.2) is 5.78 Å². The van der Waals surface area contributed by atoms with Crippen molar-refractivity contribution in [1.29, 1.82) is 0 Å². The summed E-state index contributed by atoms with van der Waals surface area (Å²) in [5.41, 5.74) is 0.163. The molecular weight excluding hydrogens is 174 g/mol. The van der Waals surface area contributed by atoms with Gasteiger partial charge in [-0.3, -0.25) is 9.59 Å². The monoisotopic (exact) mass is 185 g/mol. The van der Waals surface area contributed by atoms with Crippen molar-refractivity contribution in [2.75, 3.05) is 6.61 Å². The van der Waals surface area contributed by atoms with Gasteiger partial charge in [0.1, 0.15) is 6.10 Å². The molecule has 2 atom stereocenters. The van der Waals surface area contributed by atoms with Gasteiger partial charge in [-0.15, -0.1) is 0 Å². The zero-order valence-electron chi connectivity index (χ0n) is 7.15.